The Labute approximate surface area is 245 Å². The Morgan fingerprint density at radius 1 is 1.02 bits per heavy atom. The van der Waals surface area contributed by atoms with Crippen LogP contribution in [0.5, 0.6) is 0 Å². The van der Waals surface area contributed by atoms with E-state index < -0.39 is 23.2 Å². The van der Waals surface area contributed by atoms with Crippen molar-refractivity contribution in [1.29, 1.82) is 0 Å². The molecule has 43 heavy (non-hydrogen) atoms. The zero-order chi connectivity index (χ0) is 30.9. The van der Waals surface area contributed by atoms with E-state index in [9.17, 15) is 22.7 Å². The monoisotopic (exact) mass is 597 g/mol. The van der Waals surface area contributed by atoms with Gasteiger partial charge in [0.15, 0.2) is 11.4 Å². The third-order valence-corrected chi connectivity index (χ3v) is 6.84. The number of alkyl halides is 3. The number of methoxy groups -OCH3 is 1. The number of hydrogen-bond acceptors (Lipinski definition) is 7. The molecule has 0 atom stereocenters. The molecule has 0 spiro atoms. The number of ether oxygens (including phenoxy) is 1. The van der Waals surface area contributed by atoms with Gasteiger partial charge in [-0.2, -0.15) is 13.2 Å². The lowest BCUT2D eigenvalue weighted by Gasteiger charge is -2.29. The highest BCUT2D eigenvalue weighted by Gasteiger charge is 2.36. The number of aliphatic hydroxyl groups is 1. The summed E-state index contributed by atoms with van der Waals surface area (Å²) in [5.74, 6) is 0.0125. The summed E-state index contributed by atoms with van der Waals surface area (Å²) in [6.07, 6.45) is -3.19. The molecule has 0 aliphatic carbocycles. The lowest BCUT2D eigenvalue weighted by atomic mass is 9.97. The van der Waals surface area contributed by atoms with E-state index in [2.05, 4.69) is 15.2 Å². The second-order valence-corrected chi connectivity index (χ2v) is 11.1. The Kier molecular flexibility index (Phi) is 8.37. The molecular weight excluding hydrogens is 566 g/mol. The van der Waals surface area contributed by atoms with E-state index in [0.29, 0.717) is 46.8 Å². The number of aryl methyl sites for hydroxylation is 1. The van der Waals surface area contributed by atoms with E-state index in [-0.39, 0.29) is 30.1 Å². The lowest BCUT2D eigenvalue weighted by molar-refractivity contribution is -0.136. The zero-order valence-corrected chi connectivity index (χ0v) is 24.1. The predicted octanol–water partition coefficient (Wildman–Crippen LogP) is 6.33. The maximum atomic E-state index is 14.2. The second-order valence-electron chi connectivity index (χ2n) is 11.1. The average molecular weight is 598 g/mol. The summed E-state index contributed by atoms with van der Waals surface area (Å²) in [6, 6.07) is 13.9. The van der Waals surface area contributed by atoms with Crippen molar-refractivity contribution in [2.24, 2.45) is 7.05 Å². The van der Waals surface area contributed by atoms with Gasteiger partial charge in [0.25, 0.3) is 0 Å². The molecule has 0 saturated carbocycles. The highest BCUT2D eigenvalue weighted by atomic mass is 19.4. The number of oxazole rings is 1. The maximum absolute atomic E-state index is 14.2. The van der Waals surface area contributed by atoms with Crippen LogP contribution >= 0.6 is 0 Å². The Hall–Kier alpha value is -4.13. The fourth-order valence-electron chi connectivity index (χ4n) is 5.06. The molecule has 0 radical (unpaired) electrons. The van der Waals surface area contributed by atoms with Crippen molar-refractivity contribution in [3.05, 3.63) is 77.9 Å². The Balaban J connectivity index is 1.56. The van der Waals surface area contributed by atoms with E-state index in [1.54, 1.807) is 61.9 Å². The first-order valence-electron chi connectivity index (χ1n) is 13.5. The third-order valence-electron chi connectivity index (χ3n) is 6.84. The molecule has 0 bridgehead atoms. The fourth-order valence-corrected chi connectivity index (χ4v) is 5.06. The molecule has 226 valence electrons. The SMILES string of the molecule is COCCN(Cc1cc(C(F)(F)F)c2oc(-c3cccc(-c4ccc(F)cc4-c4nncn4C)c3)nc2c1)CC(C)(C)O. The minimum absolute atomic E-state index is 0.00884. The van der Waals surface area contributed by atoms with Crippen LogP contribution in [0.2, 0.25) is 0 Å². The van der Waals surface area contributed by atoms with E-state index >= 15 is 0 Å². The number of benzene rings is 3. The standard InChI is InChI=1S/C31H31F4N5O3/c1-30(2,41)17-40(10-11-42-4)16-19-12-25(31(33,34)35)27-26(13-19)37-29(43-27)21-7-5-6-20(14-21)23-9-8-22(32)15-24(23)28-38-36-18-39(28)3/h5-9,12-15,18,41H,10-11,16-17H2,1-4H3. The van der Waals surface area contributed by atoms with Gasteiger partial charge in [-0.05, 0) is 66.9 Å². The molecule has 0 fully saturated rings. The van der Waals surface area contributed by atoms with Gasteiger partial charge in [0.05, 0.1) is 12.2 Å². The van der Waals surface area contributed by atoms with Crippen LogP contribution in [0.25, 0.3) is 45.1 Å². The number of fused-ring (bicyclic) bond motifs is 1. The van der Waals surface area contributed by atoms with Gasteiger partial charge in [-0.15, -0.1) is 10.2 Å². The molecule has 1 N–H and O–H groups in total. The summed E-state index contributed by atoms with van der Waals surface area (Å²) >= 11 is 0. The number of halogens is 4. The highest BCUT2D eigenvalue weighted by molar-refractivity contribution is 5.84. The number of nitrogens with zero attached hydrogens (tertiary/aromatic N) is 5. The molecule has 0 aliphatic rings. The average Bonchev–Trinajstić information content (AvgIpc) is 3.56. The molecule has 2 heterocycles. The van der Waals surface area contributed by atoms with Gasteiger partial charge in [0.2, 0.25) is 5.89 Å². The first-order valence-corrected chi connectivity index (χ1v) is 13.5. The van der Waals surface area contributed by atoms with Crippen molar-refractivity contribution in [3.63, 3.8) is 0 Å². The summed E-state index contributed by atoms with van der Waals surface area (Å²) in [4.78, 5) is 6.28. The topological polar surface area (TPSA) is 89.4 Å². The number of hydrogen-bond donors (Lipinski definition) is 1. The molecule has 3 aromatic carbocycles. The molecule has 2 aromatic heterocycles. The summed E-state index contributed by atoms with van der Waals surface area (Å²) in [5.41, 5.74) is 0.315. The zero-order valence-electron chi connectivity index (χ0n) is 24.1. The van der Waals surface area contributed by atoms with Gasteiger partial charge >= 0.3 is 6.18 Å². The highest BCUT2D eigenvalue weighted by Crippen LogP contribution is 2.39. The minimum atomic E-state index is -4.69. The van der Waals surface area contributed by atoms with Gasteiger partial charge in [-0.25, -0.2) is 9.37 Å². The largest absolute Gasteiger partial charge is 0.435 e. The van der Waals surface area contributed by atoms with Gasteiger partial charge in [-0.3, -0.25) is 4.90 Å². The number of rotatable bonds is 10. The van der Waals surface area contributed by atoms with Crippen molar-refractivity contribution < 1.29 is 31.8 Å². The van der Waals surface area contributed by atoms with Crippen LogP contribution in [0, 0.1) is 5.82 Å². The van der Waals surface area contributed by atoms with Gasteiger partial charge in [0, 0.05) is 44.9 Å². The molecule has 8 nitrogen and oxygen atoms in total. The van der Waals surface area contributed by atoms with Crippen LogP contribution in [0.3, 0.4) is 0 Å². The van der Waals surface area contributed by atoms with E-state index in [0.717, 1.165) is 6.07 Å². The van der Waals surface area contributed by atoms with Crippen molar-refractivity contribution in [1.82, 2.24) is 24.6 Å². The number of aromatic nitrogens is 4. The molecule has 5 rings (SSSR count). The van der Waals surface area contributed by atoms with Crippen LogP contribution in [0.15, 0.2) is 65.3 Å². The first-order chi connectivity index (χ1) is 20.3. The Morgan fingerprint density at radius 2 is 1.79 bits per heavy atom. The normalized spacial score (nSPS) is 12.5. The van der Waals surface area contributed by atoms with Crippen LogP contribution in [0.1, 0.15) is 25.0 Å². The summed E-state index contributed by atoms with van der Waals surface area (Å²) in [7, 11) is 3.28. The molecule has 0 unspecified atom stereocenters. The van der Waals surface area contributed by atoms with E-state index in [1.807, 2.05) is 4.90 Å². The molecule has 0 saturated heterocycles. The van der Waals surface area contributed by atoms with Crippen LogP contribution in [-0.2, 0) is 24.5 Å². The summed E-state index contributed by atoms with van der Waals surface area (Å²) in [6.45, 7) is 4.40. The first kappa shape index (κ1) is 30.3. The fraction of sp³-hybridized carbons (Fsp3) is 0.323. The van der Waals surface area contributed by atoms with E-state index in [1.165, 1.54) is 25.6 Å². The molecular formula is C31H31F4N5O3. The van der Waals surface area contributed by atoms with Crippen LogP contribution < -0.4 is 0 Å². The van der Waals surface area contributed by atoms with Crippen molar-refractivity contribution in [2.75, 3.05) is 26.8 Å². The Morgan fingerprint density at radius 3 is 2.47 bits per heavy atom. The summed E-state index contributed by atoms with van der Waals surface area (Å²) < 4.78 is 69.5. The smallest absolute Gasteiger partial charge is 0.420 e. The molecule has 12 heteroatoms. The molecule has 5 aromatic rings. The van der Waals surface area contributed by atoms with Crippen molar-refractivity contribution >= 4 is 11.1 Å². The lowest BCUT2D eigenvalue weighted by Crippen LogP contribution is -2.39. The van der Waals surface area contributed by atoms with Crippen molar-refractivity contribution in [3.8, 4) is 34.0 Å². The molecule has 0 aliphatic heterocycles. The predicted molar refractivity (Wildman–Crippen MR) is 153 cm³/mol. The van der Waals surface area contributed by atoms with Gasteiger partial charge in [0.1, 0.15) is 23.2 Å². The van der Waals surface area contributed by atoms with E-state index in [4.69, 9.17) is 9.15 Å². The second kappa shape index (κ2) is 11.9. The minimum Gasteiger partial charge on any atom is -0.435 e. The molecule has 0 amide bonds. The van der Waals surface area contributed by atoms with Crippen molar-refractivity contribution in [2.45, 2.75) is 32.2 Å². The van der Waals surface area contributed by atoms with Gasteiger partial charge in [-0.1, -0.05) is 18.2 Å². The quantitative estimate of drug-likeness (QED) is 0.188. The van der Waals surface area contributed by atoms with Gasteiger partial charge < -0.3 is 18.8 Å². The maximum Gasteiger partial charge on any atom is 0.420 e. The van der Waals surface area contributed by atoms with Crippen LogP contribution in [0.4, 0.5) is 17.6 Å². The Bertz CT molecular complexity index is 1740. The third kappa shape index (κ3) is 6.93. The summed E-state index contributed by atoms with van der Waals surface area (Å²) in [5, 5.41) is 18.3. The van der Waals surface area contributed by atoms with Crippen LogP contribution in [-0.4, -0.2) is 62.2 Å².